The largest absolute Gasteiger partial charge is 0.351 e. The summed E-state index contributed by atoms with van der Waals surface area (Å²) in [6.07, 6.45) is 14.4. The Morgan fingerprint density at radius 2 is 1.73 bits per heavy atom. The Bertz CT molecular complexity index is 388. The zero-order valence-corrected chi connectivity index (χ0v) is 17.9. The summed E-state index contributed by atoms with van der Waals surface area (Å²) < 4.78 is 5.26. The molecule has 0 bridgehead atoms. The van der Waals surface area contributed by atoms with Crippen molar-refractivity contribution in [2.24, 2.45) is 5.11 Å². The molecule has 0 spiro atoms. The third-order valence-corrected chi connectivity index (χ3v) is 5.11. The Morgan fingerprint density at radius 1 is 1.15 bits per heavy atom. The molecule has 0 heterocycles. The van der Waals surface area contributed by atoms with Crippen LogP contribution in [0.2, 0.25) is 0 Å². The van der Waals surface area contributed by atoms with Gasteiger partial charge >= 0.3 is 0 Å². The van der Waals surface area contributed by atoms with Crippen LogP contribution in [0.15, 0.2) is 5.11 Å². The average Bonchev–Trinajstić information content (AvgIpc) is 2.64. The van der Waals surface area contributed by atoms with E-state index in [9.17, 15) is 4.79 Å². The third-order valence-electron chi connectivity index (χ3n) is 4.11. The van der Waals surface area contributed by atoms with Crippen LogP contribution in [0.3, 0.4) is 0 Å². The van der Waals surface area contributed by atoms with Gasteiger partial charge in [0.1, 0.15) is 7.57 Å². The number of nitrogens with one attached hydrogen (secondary N) is 1. The third kappa shape index (κ3) is 18.4. The number of hydrogen-bond donors (Lipinski definition) is 1. The molecule has 148 valence electrons. The lowest BCUT2D eigenvalue weighted by Gasteiger charge is -2.16. The first-order chi connectivity index (χ1) is 12.7. The molecule has 0 saturated carbocycles. The van der Waals surface area contributed by atoms with E-state index in [4.69, 9.17) is 17.3 Å². The van der Waals surface area contributed by atoms with E-state index in [1.165, 1.54) is 57.8 Å². The number of carbonyl (C=O) groups excluding carboxylic acids is 1. The summed E-state index contributed by atoms with van der Waals surface area (Å²) in [5.41, 5.74) is 8.42. The molecule has 0 aliphatic rings. The van der Waals surface area contributed by atoms with Crippen LogP contribution in [-0.2, 0) is 8.98 Å². The number of carbonyl (C=O) groups is 1. The van der Waals surface area contributed by atoms with Crippen molar-refractivity contribution in [1.82, 2.24) is 5.32 Å². The molecular formula is C17H34BN4O2PS. The normalized spacial score (nSPS) is 12.2. The highest BCUT2D eigenvalue weighted by molar-refractivity contribution is 8.53. The van der Waals surface area contributed by atoms with Crippen LogP contribution >= 0.6 is 19.3 Å². The van der Waals surface area contributed by atoms with E-state index < -0.39 is 0 Å². The van der Waals surface area contributed by atoms with Crippen LogP contribution in [-0.4, -0.2) is 32.7 Å². The molecule has 2 unspecified atom stereocenters. The van der Waals surface area contributed by atoms with Crippen molar-refractivity contribution in [2.75, 3.05) is 13.2 Å². The highest BCUT2D eigenvalue weighted by Crippen LogP contribution is 2.24. The van der Waals surface area contributed by atoms with Gasteiger partial charge in [0, 0.05) is 29.5 Å². The van der Waals surface area contributed by atoms with Gasteiger partial charge in [0.05, 0.1) is 12.6 Å². The second-order valence-corrected chi connectivity index (χ2v) is 8.29. The van der Waals surface area contributed by atoms with E-state index in [-0.39, 0.29) is 32.8 Å². The Labute approximate surface area is 166 Å². The number of hydrogen-bond acceptors (Lipinski definition) is 4. The molecule has 0 aliphatic carbocycles. The average molecular weight is 400 g/mol. The summed E-state index contributed by atoms with van der Waals surface area (Å²) in [6, 6.07) is -0.296. The Morgan fingerprint density at radius 3 is 2.27 bits per heavy atom. The predicted octanol–water partition coefficient (Wildman–Crippen LogP) is 5.82. The first-order valence-electron chi connectivity index (χ1n) is 9.78. The molecule has 6 nitrogen and oxygen atoms in total. The minimum absolute atomic E-state index is 0.0112. The van der Waals surface area contributed by atoms with Gasteiger partial charge in [-0.25, -0.2) is 0 Å². The molecule has 9 heteroatoms. The van der Waals surface area contributed by atoms with Crippen LogP contribution in [0.25, 0.3) is 10.4 Å². The van der Waals surface area contributed by atoms with Gasteiger partial charge in [0.25, 0.3) is 0 Å². The van der Waals surface area contributed by atoms with Crippen LogP contribution < -0.4 is 5.32 Å². The van der Waals surface area contributed by atoms with Crippen molar-refractivity contribution in [3.05, 3.63) is 10.4 Å². The summed E-state index contributed by atoms with van der Waals surface area (Å²) in [7, 11) is 5.50. The lowest BCUT2D eigenvalue weighted by molar-refractivity contribution is -0.122. The summed E-state index contributed by atoms with van der Waals surface area (Å²) in [6.45, 7) is 2.72. The number of azide groups is 1. The van der Waals surface area contributed by atoms with Crippen LogP contribution in [0, 0.1) is 0 Å². The molecule has 0 aromatic carbocycles. The minimum atomic E-state index is -0.296. The topological polar surface area (TPSA) is 87.1 Å². The lowest BCUT2D eigenvalue weighted by atomic mass is 10.1. The van der Waals surface area contributed by atoms with Gasteiger partial charge in [-0.1, -0.05) is 83.9 Å². The smallest absolute Gasteiger partial charge is 0.220 e. The van der Waals surface area contributed by atoms with Gasteiger partial charge in [0.2, 0.25) is 5.91 Å². The second kappa shape index (κ2) is 20.9. The highest BCUT2D eigenvalue weighted by Gasteiger charge is 2.11. The van der Waals surface area contributed by atoms with Gasteiger partial charge in [-0.3, -0.25) is 4.79 Å². The fourth-order valence-electron chi connectivity index (χ4n) is 2.67. The lowest BCUT2D eigenvalue weighted by Crippen LogP contribution is -2.39. The van der Waals surface area contributed by atoms with E-state index in [2.05, 4.69) is 22.3 Å². The molecule has 0 aromatic heterocycles. The molecule has 0 rings (SSSR count). The van der Waals surface area contributed by atoms with Crippen LogP contribution in [0.4, 0.5) is 0 Å². The summed E-state index contributed by atoms with van der Waals surface area (Å²) in [5, 5.41) is 6.38. The van der Waals surface area contributed by atoms with E-state index in [1.807, 2.05) is 0 Å². The summed E-state index contributed by atoms with van der Waals surface area (Å²) >= 11 is 1.15. The van der Waals surface area contributed by atoms with E-state index >= 15 is 0 Å². The van der Waals surface area contributed by atoms with Crippen molar-refractivity contribution >= 4 is 32.8 Å². The zero-order chi connectivity index (χ0) is 19.3. The monoisotopic (exact) mass is 400 g/mol. The predicted molar refractivity (Wildman–Crippen MR) is 115 cm³/mol. The maximum absolute atomic E-state index is 12.0. The fraction of sp³-hybridized carbons (Fsp3) is 0.941. The van der Waals surface area contributed by atoms with E-state index in [1.54, 1.807) is 0 Å². The van der Waals surface area contributed by atoms with Gasteiger partial charge < -0.3 is 9.50 Å². The number of nitrogens with zero attached hydrogens (tertiary/aromatic N) is 3. The molecule has 1 amide bonds. The molecule has 0 aromatic rings. The first-order valence-corrected chi connectivity index (χ1v) is 12.3. The minimum Gasteiger partial charge on any atom is -0.351 e. The molecule has 2 radical (unpaired) electrons. The number of amides is 1. The molecule has 0 fully saturated rings. The molecule has 1 N–H and O–H groups in total. The van der Waals surface area contributed by atoms with Gasteiger partial charge in [-0.2, -0.15) is 0 Å². The molecule has 2 atom stereocenters. The van der Waals surface area contributed by atoms with Crippen LogP contribution in [0.5, 0.6) is 0 Å². The van der Waals surface area contributed by atoms with Crippen molar-refractivity contribution in [3.8, 4) is 0 Å². The summed E-state index contributed by atoms with van der Waals surface area (Å²) in [4.78, 5) is 14.7. The Balaban J connectivity index is 3.61. The quantitative estimate of drug-likeness (QED) is 0.0563. The zero-order valence-electron chi connectivity index (χ0n) is 16.1. The SMILES string of the molecule is [B]PSOCC(CN=[N+]=[N-])NC(=O)CCCCCCCCCCCCC. The first kappa shape index (κ1) is 25.6. The van der Waals surface area contributed by atoms with Crippen molar-refractivity contribution in [3.63, 3.8) is 0 Å². The Kier molecular flexibility index (Phi) is 20.6. The molecular weight excluding hydrogens is 366 g/mol. The second-order valence-electron chi connectivity index (χ2n) is 6.45. The molecule has 0 saturated heterocycles. The maximum Gasteiger partial charge on any atom is 0.220 e. The summed E-state index contributed by atoms with van der Waals surface area (Å²) in [5.74, 6) is -0.0112. The van der Waals surface area contributed by atoms with Gasteiger partial charge in [-0.15, -0.1) is 0 Å². The number of rotatable bonds is 19. The maximum atomic E-state index is 12.0. The van der Waals surface area contributed by atoms with Gasteiger partial charge in [-0.05, 0) is 12.0 Å². The van der Waals surface area contributed by atoms with Crippen molar-refractivity contribution in [2.45, 2.75) is 90.0 Å². The molecule has 26 heavy (non-hydrogen) atoms. The van der Waals surface area contributed by atoms with Gasteiger partial charge in [0.15, 0.2) is 0 Å². The standard InChI is InChI=1S/C17H34BN4O2PS/c1-2-3-4-5-6-7-8-9-10-11-12-13-17(23)21-16(14-20-22-19)15-24-26-25-18/h16,25H,2-15H2,1H3,(H,21,23). The molecule has 0 aliphatic heterocycles. The van der Waals surface area contributed by atoms with E-state index in [0.29, 0.717) is 6.42 Å². The number of unbranched alkanes of at least 4 members (excludes halogenated alkanes) is 10. The fourth-order valence-corrected chi connectivity index (χ4v) is 3.38. The van der Waals surface area contributed by atoms with Crippen LogP contribution in [0.1, 0.15) is 84.0 Å². The van der Waals surface area contributed by atoms with E-state index in [0.717, 1.165) is 24.5 Å². The highest BCUT2D eigenvalue weighted by atomic mass is 32.7. The van der Waals surface area contributed by atoms with Crippen molar-refractivity contribution in [1.29, 1.82) is 0 Å². The Hall–Kier alpha value is -0.415. The van der Waals surface area contributed by atoms with Crippen molar-refractivity contribution < 1.29 is 8.98 Å².